The Morgan fingerprint density at radius 2 is 2.08 bits per heavy atom. The minimum absolute atomic E-state index is 0.0620. The number of ether oxygens (including phenoxy) is 4. The van der Waals surface area contributed by atoms with Gasteiger partial charge in [-0.2, -0.15) is 0 Å². The van der Waals surface area contributed by atoms with Gasteiger partial charge in [-0.25, -0.2) is 4.79 Å². The van der Waals surface area contributed by atoms with E-state index in [1.807, 2.05) is 13.8 Å². The van der Waals surface area contributed by atoms with Crippen LogP contribution in [0, 0.1) is 0 Å². The number of methoxy groups -OCH3 is 1. The van der Waals surface area contributed by atoms with E-state index in [1.165, 1.54) is 13.2 Å². The lowest BCUT2D eigenvalue weighted by molar-refractivity contribution is -0.144. The molecule has 0 unspecified atom stereocenters. The van der Waals surface area contributed by atoms with Crippen molar-refractivity contribution < 1.29 is 28.5 Å². The largest absolute Gasteiger partial charge is 0.493 e. The summed E-state index contributed by atoms with van der Waals surface area (Å²) in [6, 6.07) is 3.54. The van der Waals surface area contributed by atoms with Crippen LogP contribution in [-0.2, 0) is 14.3 Å². The molecule has 0 radical (unpaired) electrons. The molecule has 1 aliphatic heterocycles. The highest BCUT2D eigenvalue weighted by atomic mass is 16.6. The van der Waals surface area contributed by atoms with Crippen LogP contribution in [0.15, 0.2) is 18.2 Å². The summed E-state index contributed by atoms with van der Waals surface area (Å²) in [5.41, 5.74) is 0.698. The van der Waals surface area contributed by atoms with Gasteiger partial charge in [0.05, 0.1) is 7.11 Å². The Morgan fingerprint density at radius 1 is 1.31 bits per heavy atom. The normalized spacial score (nSPS) is 14.0. The molecule has 1 aliphatic rings. The van der Waals surface area contributed by atoms with Gasteiger partial charge in [0.15, 0.2) is 18.1 Å². The first-order valence-corrected chi connectivity index (χ1v) is 8.65. The van der Waals surface area contributed by atoms with E-state index in [0.29, 0.717) is 36.0 Å². The summed E-state index contributed by atoms with van der Waals surface area (Å²) in [5, 5.41) is 2.77. The Morgan fingerprint density at radius 3 is 2.81 bits per heavy atom. The lowest BCUT2D eigenvalue weighted by Gasteiger charge is -2.20. The van der Waals surface area contributed by atoms with Crippen LogP contribution in [0.1, 0.15) is 32.3 Å². The van der Waals surface area contributed by atoms with E-state index in [1.54, 1.807) is 18.2 Å². The summed E-state index contributed by atoms with van der Waals surface area (Å²) in [6.07, 6.45) is 4.68. The minimum atomic E-state index is -0.600. The van der Waals surface area contributed by atoms with Crippen molar-refractivity contribution in [2.24, 2.45) is 0 Å². The molecule has 1 atom stereocenters. The summed E-state index contributed by atoms with van der Waals surface area (Å²) >= 11 is 0. The topological polar surface area (TPSA) is 83.1 Å². The highest BCUT2D eigenvalue weighted by Gasteiger charge is 2.18. The predicted octanol–water partition coefficient (Wildman–Crippen LogP) is 2.33. The Balaban J connectivity index is 1.90. The lowest BCUT2D eigenvalue weighted by atomic mass is 10.1. The molecule has 0 fully saturated rings. The van der Waals surface area contributed by atoms with E-state index >= 15 is 0 Å². The number of esters is 1. The fourth-order valence-electron chi connectivity index (χ4n) is 2.56. The molecule has 142 valence electrons. The zero-order valence-corrected chi connectivity index (χ0v) is 15.4. The third-order valence-corrected chi connectivity index (χ3v) is 3.74. The number of hydrogen-bond acceptors (Lipinski definition) is 6. The van der Waals surface area contributed by atoms with Crippen molar-refractivity contribution in [2.75, 3.05) is 26.9 Å². The first-order chi connectivity index (χ1) is 12.5. The number of carbonyl (C=O) groups excluding carboxylic acids is 2. The number of amides is 1. The Bertz CT molecular complexity index is 653. The first-order valence-electron chi connectivity index (χ1n) is 8.65. The molecular formula is C19H25NO6. The zero-order valence-electron chi connectivity index (χ0n) is 15.4. The first kappa shape index (κ1) is 19.6. The van der Waals surface area contributed by atoms with Gasteiger partial charge in [-0.15, -0.1) is 0 Å². The molecule has 0 aromatic heterocycles. The van der Waals surface area contributed by atoms with Gasteiger partial charge in [0.1, 0.15) is 13.2 Å². The number of benzene rings is 1. The molecule has 0 bridgehead atoms. The second-order valence-corrected chi connectivity index (χ2v) is 5.95. The van der Waals surface area contributed by atoms with Crippen molar-refractivity contribution in [2.45, 2.75) is 32.7 Å². The molecule has 7 heteroatoms. The third kappa shape index (κ3) is 5.68. The van der Waals surface area contributed by atoms with E-state index in [4.69, 9.17) is 18.9 Å². The second-order valence-electron chi connectivity index (χ2n) is 5.95. The van der Waals surface area contributed by atoms with E-state index in [0.717, 1.165) is 12.8 Å². The summed E-state index contributed by atoms with van der Waals surface area (Å²) in [7, 11) is 1.54. The van der Waals surface area contributed by atoms with Crippen LogP contribution < -0.4 is 19.5 Å². The molecule has 0 saturated heterocycles. The van der Waals surface area contributed by atoms with Crippen LogP contribution in [0.25, 0.3) is 6.08 Å². The second kappa shape index (κ2) is 9.70. The summed E-state index contributed by atoms with van der Waals surface area (Å²) in [5.74, 6) is 0.731. The molecule has 1 amide bonds. The van der Waals surface area contributed by atoms with Gasteiger partial charge in [-0.05, 0) is 37.1 Å². The number of nitrogens with one attached hydrogen (secondary N) is 1. The van der Waals surface area contributed by atoms with Gasteiger partial charge in [0.25, 0.3) is 5.91 Å². The van der Waals surface area contributed by atoms with Crippen LogP contribution in [0.2, 0.25) is 0 Å². The zero-order chi connectivity index (χ0) is 18.9. The highest BCUT2D eigenvalue weighted by molar-refractivity contribution is 5.89. The summed E-state index contributed by atoms with van der Waals surface area (Å²) in [6.45, 7) is 4.57. The van der Waals surface area contributed by atoms with Gasteiger partial charge in [-0.3, -0.25) is 4.79 Å². The average molecular weight is 363 g/mol. The highest BCUT2D eigenvalue weighted by Crippen LogP contribution is 2.40. The molecule has 2 rings (SSSR count). The summed E-state index contributed by atoms with van der Waals surface area (Å²) < 4.78 is 21.3. The molecule has 1 N–H and O–H groups in total. The van der Waals surface area contributed by atoms with E-state index in [2.05, 4.69) is 5.32 Å². The van der Waals surface area contributed by atoms with E-state index in [-0.39, 0.29) is 18.6 Å². The Hall–Kier alpha value is -2.70. The van der Waals surface area contributed by atoms with Gasteiger partial charge in [0.2, 0.25) is 5.75 Å². The fraction of sp³-hybridized carbons (Fsp3) is 0.474. The van der Waals surface area contributed by atoms with Crippen LogP contribution in [0.3, 0.4) is 0 Å². The van der Waals surface area contributed by atoms with Crippen LogP contribution in [-0.4, -0.2) is 44.8 Å². The van der Waals surface area contributed by atoms with Gasteiger partial charge in [-0.1, -0.05) is 13.3 Å². The number of carbonyl (C=O) groups is 2. The Kier molecular flexibility index (Phi) is 7.32. The molecule has 0 aliphatic carbocycles. The molecule has 0 saturated carbocycles. The maximum absolute atomic E-state index is 11.8. The molecule has 1 aromatic rings. The lowest BCUT2D eigenvalue weighted by Crippen LogP contribution is -2.35. The van der Waals surface area contributed by atoms with Crippen molar-refractivity contribution in [1.82, 2.24) is 5.32 Å². The van der Waals surface area contributed by atoms with Gasteiger partial charge < -0.3 is 24.3 Å². The van der Waals surface area contributed by atoms with Crippen LogP contribution in [0.4, 0.5) is 0 Å². The van der Waals surface area contributed by atoms with Gasteiger partial charge >= 0.3 is 5.97 Å². The number of fused-ring (bicyclic) bond motifs is 1. The van der Waals surface area contributed by atoms with Crippen molar-refractivity contribution in [3.8, 4) is 17.2 Å². The molecule has 0 spiro atoms. The number of hydrogen-bond donors (Lipinski definition) is 1. The minimum Gasteiger partial charge on any atom is -0.493 e. The van der Waals surface area contributed by atoms with Crippen LogP contribution >= 0.6 is 0 Å². The SMILES string of the molecule is CCC[C@H](C)NC(=O)COC(=O)/C=C/c1cc(OC)c2c(c1)OCCO2. The monoisotopic (exact) mass is 363 g/mol. The maximum Gasteiger partial charge on any atom is 0.331 e. The molecule has 1 heterocycles. The van der Waals surface area contributed by atoms with Crippen molar-refractivity contribution >= 4 is 18.0 Å². The van der Waals surface area contributed by atoms with Crippen molar-refractivity contribution in [1.29, 1.82) is 0 Å². The van der Waals surface area contributed by atoms with Crippen LogP contribution in [0.5, 0.6) is 17.2 Å². The average Bonchev–Trinajstić information content (AvgIpc) is 2.64. The molecule has 1 aromatic carbocycles. The summed E-state index contributed by atoms with van der Waals surface area (Å²) in [4.78, 5) is 23.5. The van der Waals surface area contributed by atoms with Crippen molar-refractivity contribution in [3.05, 3.63) is 23.8 Å². The van der Waals surface area contributed by atoms with Gasteiger partial charge in [0, 0.05) is 12.1 Å². The standard InChI is InChI=1S/C19H25NO6/c1-4-5-13(2)20-17(21)12-26-18(22)7-6-14-10-15(23-3)19-16(11-14)24-8-9-25-19/h6-7,10-11,13H,4-5,8-9,12H2,1-3H3,(H,20,21)/b7-6+/t13-/m0/s1. The number of rotatable bonds is 8. The predicted molar refractivity (Wildman–Crippen MR) is 96.5 cm³/mol. The Labute approximate surface area is 153 Å². The van der Waals surface area contributed by atoms with Crippen molar-refractivity contribution in [3.63, 3.8) is 0 Å². The smallest absolute Gasteiger partial charge is 0.331 e. The molecule has 26 heavy (non-hydrogen) atoms. The third-order valence-electron chi connectivity index (χ3n) is 3.74. The maximum atomic E-state index is 11.8. The van der Waals surface area contributed by atoms with E-state index < -0.39 is 5.97 Å². The quantitative estimate of drug-likeness (QED) is 0.564. The molecule has 7 nitrogen and oxygen atoms in total. The van der Waals surface area contributed by atoms with E-state index in [9.17, 15) is 9.59 Å². The molecular weight excluding hydrogens is 338 g/mol. The fourth-order valence-corrected chi connectivity index (χ4v) is 2.56.